The second-order valence-electron chi connectivity index (χ2n) is 9.43. The lowest BCUT2D eigenvalue weighted by atomic mass is 10.2. The van der Waals surface area contributed by atoms with E-state index in [1.54, 1.807) is 46.6 Å². The summed E-state index contributed by atoms with van der Waals surface area (Å²) in [7, 11) is 0. The first-order valence-electron chi connectivity index (χ1n) is 13.9. The zero-order valence-electron chi connectivity index (χ0n) is 23.7. The van der Waals surface area contributed by atoms with Gasteiger partial charge in [-0.2, -0.15) is 29.8 Å². The summed E-state index contributed by atoms with van der Waals surface area (Å²) in [4.78, 5) is 8.31. The van der Waals surface area contributed by atoms with Crippen molar-refractivity contribution in [3.63, 3.8) is 0 Å². The Balaban J connectivity index is 1.07. The van der Waals surface area contributed by atoms with E-state index < -0.39 is 0 Å². The van der Waals surface area contributed by atoms with Crippen molar-refractivity contribution in [2.45, 2.75) is 6.42 Å². The number of pyridine rings is 2. The predicted octanol–water partition coefficient (Wildman–Crippen LogP) is 5.93. The number of ether oxygens (including phenoxy) is 2. The Morgan fingerprint density at radius 1 is 0.644 bits per heavy atom. The highest BCUT2D eigenvalue weighted by Crippen LogP contribution is 2.20. The van der Waals surface area contributed by atoms with Crippen molar-refractivity contribution in [3.05, 3.63) is 118 Å². The maximum Gasteiger partial charge on any atom is 0.216 e. The van der Waals surface area contributed by atoms with Crippen LogP contribution < -0.4 is 9.47 Å². The first kappa shape index (κ1) is 29.5. The maximum atomic E-state index is 6.09. The van der Waals surface area contributed by atoms with Crippen LogP contribution in [0.4, 0.5) is 0 Å². The molecule has 0 spiro atoms. The second-order valence-corrected chi connectivity index (χ2v) is 10.2. The second kappa shape index (κ2) is 14.2. The van der Waals surface area contributed by atoms with E-state index in [9.17, 15) is 0 Å². The Labute approximate surface area is 267 Å². The number of hydrogen-bond acceptors (Lipinski definition) is 10. The number of rotatable bonds is 12. The van der Waals surface area contributed by atoms with E-state index in [0.29, 0.717) is 52.3 Å². The number of hydrogen-bond donors (Lipinski definition) is 2. The largest absolute Gasteiger partial charge is 0.493 e. The van der Waals surface area contributed by atoms with E-state index in [1.807, 2.05) is 72.8 Å². The molecule has 4 aromatic heterocycles. The van der Waals surface area contributed by atoms with Crippen LogP contribution in [0, 0.1) is 9.54 Å². The van der Waals surface area contributed by atoms with Gasteiger partial charge in [0.1, 0.15) is 11.5 Å². The van der Waals surface area contributed by atoms with Gasteiger partial charge in [-0.1, -0.05) is 24.3 Å². The fourth-order valence-electron chi connectivity index (χ4n) is 4.26. The van der Waals surface area contributed by atoms with E-state index in [4.69, 9.17) is 33.9 Å². The van der Waals surface area contributed by atoms with E-state index in [2.05, 4.69) is 40.6 Å². The summed E-state index contributed by atoms with van der Waals surface area (Å²) in [6, 6.07) is 22.7. The molecule has 0 aliphatic rings. The van der Waals surface area contributed by atoms with E-state index in [0.717, 1.165) is 22.3 Å². The van der Waals surface area contributed by atoms with Crippen LogP contribution >= 0.6 is 24.4 Å². The molecule has 6 rings (SSSR count). The molecule has 0 aliphatic carbocycles. The van der Waals surface area contributed by atoms with Gasteiger partial charge >= 0.3 is 0 Å². The summed E-state index contributed by atoms with van der Waals surface area (Å²) in [5.74, 6) is 2.50. The zero-order chi connectivity index (χ0) is 30.8. The predicted molar refractivity (Wildman–Crippen MR) is 176 cm³/mol. The monoisotopic (exact) mass is 634 g/mol. The fourth-order valence-corrected chi connectivity index (χ4v) is 4.62. The van der Waals surface area contributed by atoms with Crippen molar-refractivity contribution in [1.29, 1.82) is 0 Å². The molecule has 0 fully saturated rings. The molecule has 0 radical (unpaired) electrons. The summed E-state index contributed by atoms with van der Waals surface area (Å²) < 4.78 is 16.0. The van der Waals surface area contributed by atoms with Gasteiger partial charge in [0.15, 0.2) is 11.6 Å². The molecule has 224 valence electrons. The third-order valence-corrected chi connectivity index (χ3v) is 6.94. The Hall–Kier alpha value is -5.60. The molecule has 12 nitrogen and oxygen atoms in total. The zero-order valence-corrected chi connectivity index (χ0v) is 25.4. The van der Waals surface area contributed by atoms with Crippen molar-refractivity contribution in [2.75, 3.05) is 13.2 Å². The molecule has 0 saturated carbocycles. The topological polar surface area (TPSA) is 136 Å². The van der Waals surface area contributed by atoms with E-state index in [-0.39, 0.29) is 0 Å². The van der Waals surface area contributed by atoms with Crippen LogP contribution in [0.15, 0.2) is 108 Å². The van der Waals surface area contributed by atoms with Crippen LogP contribution in [0.3, 0.4) is 0 Å². The molecule has 2 N–H and O–H groups in total. The Bertz CT molecular complexity index is 1900. The quantitative estimate of drug-likeness (QED) is 0.0961. The van der Waals surface area contributed by atoms with E-state index >= 15 is 0 Å². The number of nitrogens with one attached hydrogen (secondary N) is 2. The van der Waals surface area contributed by atoms with Gasteiger partial charge in [-0.25, -0.2) is 10.2 Å². The number of nitrogens with zero attached hydrogens (tertiary/aromatic N) is 8. The minimum atomic E-state index is 0.368. The highest BCUT2D eigenvalue weighted by Gasteiger charge is 2.10. The van der Waals surface area contributed by atoms with Crippen LogP contribution in [0.1, 0.15) is 17.5 Å². The van der Waals surface area contributed by atoms with Crippen molar-refractivity contribution in [2.24, 2.45) is 10.2 Å². The van der Waals surface area contributed by atoms with Crippen LogP contribution in [0.2, 0.25) is 0 Å². The van der Waals surface area contributed by atoms with Crippen molar-refractivity contribution in [1.82, 2.24) is 39.7 Å². The van der Waals surface area contributed by atoms with Crippen LogP contribution in [0.25, 0.3) is 22.8 Å². The number of para-hydroxylation sites is 2. The van der Waals surface area contributed by atoms with Crippen molar-refractivity contribution >= 4 is 36.9 Å². The van der Waals surface area contributed by atoms with Gasteiger partial charge in [-0.3, -0.25) is 9.97 Å². The summed E-state index contributed by atoms with van der Waals surface area (Å²) in [6.07, 6.45) is 10.8. The molecule has 14 heteroatoms. The Morgan fingerprint density at radius 2 is 1.11 bits per heavy atom. The number of H-pyrrole nitrogens is 2. The lowest BCUT2D eigenvalue weighted by Gasteiger charge is -2.11. The van der Waals surface area contributed by atoms with Gasteiger partial charge in [0.05, 0.1) is 25.6 Å². The molecule has 6 aromatic rings. The summed E-state index contributed by atoms with van der Waals surface area (Å²) in [6.45, 7) is 0.873. The van der Waals surface area contributed by atoms with Gasteiger partial charge < -0.3 is 9.47 Å². The SMILES string of the molecule is S=c1[nH]nc(-c2cccnc2)n1/N=C\c1ccccc1OCCCOc1ccccc1/C=N\n1c(-c2cccnc2)n[nH]c1=S. The standard InChI is InChI=1S/C31H26N10O2S2/c44-30-38-36-28(24-10-5-14-32-18-24)40(30)34-20-22-8-1-3-12-26(22)42-16-7-17-43-27-13-4-2-9-23(27)21-35-41-29(37-39-31(41)45)25-11-6-15-33-19-25/h1-6,8-15,18-21H,7,16-17H2,(H,38,44)(H,39,45)/b34-20-,35-21-. The first-order valence-corrected chi connectivity index (χ1v) is 14.7. The number of benzene rings is 2. The molecular weight excluding hydrogens is 609 g/mol. The molecule has 0 atom stereocenters. The van der Waals surface area contributed by atoms with E-state index in [1.165, 1.54) is 0 Å². The first-order chi connectivity index (χ1) is 22.2. The Morgan fingerprint density at radius 3 is 1.56 bits per heavy atom. The molecule has 0 unspecified atom stereocenters. The molecule has 0 aliphatic heterocycles. The van der Waals surface area contributed by atoms with Crippen molar-refractivity contribution in [3.8, 4) is 34.3 Å². The van der Waals surface area contributed by atoms with Crippen LogP contribution in [-0.4, -0.2) is 65.4 Å². The van der Waals surface area contributed by atoms with Crippen LogP contribution in [-0.2, 0) is 0 Å². The fraction of sp³-hybridized carbons (Fsp3) is 0.0968. The minimum Gasteiger partial charge on any atom is -0.493 e. The lowest BCUT2D eigenvalue weighted by molar-refractivity contribution is 0.247. The number of aromatic amines is 2. The summed E-state index contributed by atoms with van der Waals surface area (Å²) in [5.41, 5.74) is 3.17. The third-order valence-electron chi connectivity index (χ3n) is 6.41. The van der Waals surface area contributed by atoms with Gasteiger partial charge in [0, 0.05) is 53.5 Å². The smallest absolute Gasteiger partial charge is 0.216 e. The average Bonchev–Trinajstić information content (AvgIpc) is 3.65. The molecule has 0 bridgehead atoms. The molecule has 4 heterocycles. The summed E-state index contributed by atoms with van der Waals surface area (Å²) in [5, 5.41) is 23.3. The number of aromatic nitrogens is 8. The minimum absolute atomic E-state index is 0.368. The Kier molecular flexibility index (Phi) is 9.33. The van der Waals surface area contributed by atoms with Gasteiger partial charge in [-0.05, 0) is 73.0 Å². The lowest BCUT2D eigenvalue weighted by Crippen LogP contribution is -2.07. The van der Waals surface area contributed by atoms with Gasteiger partial charge in [0.2, 0.25) is 9.54 Å². The third kappa shape index (κ3) is 7.14. The molecule has 45 heavy (non-hydrogen) atoms. The van der Waals surface area contributed by atoms with Crippen molar-refractivity contribution < 1.29 is 9.47 Å². The van der Waals surface area contributed by atoms with Crippen LogP contribution in [0.5, 0.6) is 11.5 Å². The summed E-state index contributed by atoms with van der Waals surface area (Å²) >= 11 is 10.8. The molecule has 0 amide bonds. The molecular formula is C31H26N10O2S2. The highest BCUT2D eigenvalue weighted by molar-refractivity contribution is 7.71. The highest BCUT2D eigenvalue weighted by atomic mass is 32.1. The average molecular weight is 635 g/mol. The van der Waals surface area contributed by atoms with Gasteiger partial charge in [0.25, 0.3) is 0 Å². The van der Waals surface area contributed by atoms with Gasteiger partial charge in [-0.15, -0.1) is 0 Å². The molecule has 2 aromatic carbocycles. The normalized spacial score (nSPS) is 11.4. The maximum absolute atomic E-state index is 6.09. The molecule has 0 saturated heterocycles.